The molecule has 7 N–H and O–H groups in total. The lowest BCUT2D eigenvalue weighted by Crippen LogP contribution is -2.60. The van der Waals surface area contributed by atoms with Crippen LogP contribution in [0, 0.1) is 11.8 Å². The molecule has 11 nitrogen and oxygen atoms in total. The Hall–Kier alpha value is -1.83. The molecule has 0 heterocycles. The molecule has 0 radical (unpaired) electrons. The summed E-state index contributed by atoms with van der Waals surface area (Å²) in [6.07, 6.45) is 2.21. The fraction of sp³-hybridized carbons (Fsp3) is 0.800. The number of alkyl carbamates (subject to hydrolysis) is 1. The molecule has 1 rings (SSSR count). The summed E-state index contributed by atoms with van der Waals surface area (Å²) in [6, 6.07) is -1.18. The van der Waals surface area contributed by atoms with E-state index in [9.17, 15) is 24.3 Å². The van der Waals surface area contributed by atoms with E-state index in [4.69, 9.17) is 20.5 Å². The second-order valence-corrected chi connectivity index (χ2v) is 10.3. The maximum Gasteiger partial charge on any atom is 0.451 e. The average Bonchev–Trinajstić information content (AvgIpc) is 2.69. The number of hydrogen-bond acceptors (Lipinski definition) is 9. The first kappa shape index (κ1) is 29.2. The average molecular weight is 489 g/mol. The topological polar surface area (TPSA) is 188 Å². The van der Waals surface area contributed by atoms with Gasteiger partial charge < -0.3 is 36.3 Å². The molecule has 4 atom stereocenters. The Morgan fingerprint density at radius 2 is 1.88 bits per heavy atom. The maximum atomic E-state index is 12.8. The van der Waals surface area contributed by atoms with Gasteiger partial charge in [0.05, 0.1) is 0 Å². The second kappa shape index (κ2) is 12.6. The van der Waals surface area contributed by atoms with Crippen LogP contribution in [0.2, 0.25) is 6.32 Å². The van der Waals surface area contributed by atoms with E-state index in [1.165, 1.54) is 0 Å². The van der Waals surface area contributed by atoms with Gasteiger partial charge in [-0.1, -0.05) is 18.2 Å². The van der Waals surface area contributed by atoms with Crippen molar-refractivity contribution in [3.8, 4) is 0 Å². The zero-order chi connectivity index (χ0) is 25.4. The lowest BCUT2D eigenvalue weighted by Gasteiger charge is -2.41. The van der Waals surface area contributed by atoms with E-state index in [-0.39, 0.29) is 36.7 Å². The van der Waals surface area contributed by atoms with Crippen molar-refractivity contribution >= 4 is 42.0 Å². The van der Waals surface area contributed by atoms with Crippen LogP contribution in [0.25, 0.3) is 0 Å². The van der Waals surface area contributed by atoms with Gasteiger partial charge in [-0.3, -0.25) is 14.4 Å². The Bertz CT molecular complexity index is 718. The van der Waals surface area contributed by atoms with Crippen LogP contribution in [0.15, 0.2) is 0 Å². The summed E-state index contributed by atoms with van der Waals surface area (Å²) in [5, 5.41) is 32.6. The minimum atomic E-state index is -1.60. The SMILES string of the molecule is CSC(=O)C[C@H](NC(=O)OC(C)(C)C)C(=O)NC[C@@H]1CC[C@@H](CCB(O)O)C[C@]1(N)C(=O)O. The monoisotopic (exact) mass is 489 g/mol. The number of carboxylic acid groups (broad SMARTS) is 1. The third-order valence-corrected chi connectivity index (χ3v) is 6.26. The molecule has 13 heteroatoms. The van der Waals surface area contributed by atoms with Gasteiger partial charge in [-0.25, -0.2) is 4.79 Å². The third-order valence-electron chi connectivity index (χ3n) is 5.64. The first-order valence-corrected chi connectivity index (χ1v) is 12.1. The molecule has 0 unspecified atom stereocenters. The molecule has 1 aliphatic carbocycles. The Balaban J connectivity index is 2.83. The van der Waals surface area contributed by atoms with E-state index in [2.05, 4.69) is 10.6 Å². The predicted molar refractivity (Wildman–Crippen MR) is 124 cm³/mol. The molecule has 0 bridgehead atoms. The normalized spacial score (nSPS) is 23.8. The summed E-state index contributed by atoms with van der Waals surface area (Å²) in [4.78, 5) is 48.7. The van der Waals surface area contributed by atoms with E-state index in [1.54, 1.807) is 27.0 Å². The molecule has 0 saturated heterocycles. The Labute approximate surface area is 198 Å². The molecule has 0 aromatic rings. The minimum Gasteiger partial charge on any atom is -0.480 e. The number of hydrogen-bond donors (Lipinski definition) is 6. The van der Waals surface area contributed by atoms with Crippen LogP contribution in [-0.2, 0) is 19.1 Å². The minimum absolute atomic E-state index is 0.0447. The van der Waals surface area contributed by atoms with Gasteiger partial charge in [0.2, 0.25) is 5.91 Å². The van der Waals surface area contributed by atoms with Gasteiger partial charge in [-0.2, -0.15) is 0 Å². The van der Waals surface area contributed by atoms with Crippen LogP contribution in [0.4, 0.5) is 4.79 Å². The molecular weight excluding hydrogens is 453 g/mol. The summed E-state index contributed by atoms with van der Waals surface area (Å²) in [6.45, 7) is 4.95. The van der Waals surface area contributed by atoms with Crippen molar-refractivity contribution in [1.29, 1.82) is 0 Å². The summed E-state index contributed by atoms with van der Waals surface area (Å²) >= 11 is 0.923. The number of rotatable bonds is 10. The quantitative estimate of drug-likeness (QED) is 0.233. The molecule has 33 heavy (non-hydrogen) atoms. The van der Waals surface area contributed by atoms with Crippen LogP contribution in [-0.4, -0.2) is 75.3 Å². The third kappa shape index (κ3) is 9.91. The maximum absolute atomic E-state index is 12.8. The number of carbonyl (C=O) groups excluding carboxylic acids is 3. The standard InChI is InChI=1S/C20H36BN3O8S/c1-19(2,3)32-18(29)24-14(9-15(25)33-4)16(26)23-11-13-6-5-12(7-8-21(30)31)10-20(13,22)17(27)28/h12-14,30-31H,5-11,22H2,1-4H3,(H,23,26)(H,24,29)(H,27,28)/t12-,13-,14-,20+/m0/s1. The number of nitrogens with two attached hydrogens (primary N) is 1. The van der Waals surface area contributed by atoms with Gasteiger partial charge in [-0.05, 0) is 58.5 Å². The highest BCUT2D eigenvalue weighted by molar-refractivity contribution is 8.13. The molecule has 1 fully saturated rings. The molecule has 1 saturated carbocycles. The Kier molecular flexibility index (Phi) is 11.1. The first-order chi connectivity index (χ1) is 15.2. The lowest BCUT2D eigenvalue weighted by atomic mass is 9.66. The zero-order valence-electron chi connectivity index (χ0n) is 19.6. The summed E-state index contributed by atoms with van der Waals surface area (Å²) in [5.74, 6) is -2.49. The van der Waals surface area contributed by atoms with Crippen molar-refractivity contribution in [3.63, 3.8) is 0 Å². The van der Waals surface area contributed by atoms with Crippen LogP contribution in [0.3, 0.4) is 0 Å². The molecular formula is C20H36BN3O8S. The zero-order valence-corrected chi connectivity index (χ0v) is 20.4. The largest absolute Gasteiger partial charge is 0.480 e. The Morgan fingerprint density at radius 3 is 2.39 bits per heavy atom. The number of thioether (sulfide) groups is 1. The van der Waals surface area contributed by atoms with Gasteiger partial charge in [0.25, 0.3) is 0 Å². The Morgan fingerprint density at radius 1 is 1.24 bits per heavy atom. The number of carbonyl (C=O) groups is 4. The van der Waals surface area contributed by atoms with Crippen molar-refractivity contribution in [3.05, 3.63) is 0 Å². The van der Waals surface area contributed by atoms with Crippen LogP contribution in [0.5, 0.6) is 0 Å². The van der Waals surface area contributed by atoms with Gasteiger partial charge in [-0.15, -0.1) is 0 Å². The van der Waals surface area contributed by atoms with E-state index >= 15 is 0 Å². The lowest BCUT2D eigenvalue weighted by molar-refractivity contribution is -0.148. The number of amides is 2. The van der Waals surface area contributed by atoms with Gasteiger partial charge in [0, 0.05) is 18.9 Å². The number of aliphatic carboxylic acids is 1. The molecule has 2 amide bonds. The van der Waals surface area contributed by atoms with E-state index in [1.807, 2.05) is 0 Å². The van der Waals surface area contributed by atoms with Crippen LogP contribution >= 0.6 is 11.8 Å². The smallest absolute Gasteiger partial charge is 0.451 e. The van der Waals surface area contributed by atoms with Crippen molar-refractivity contribution in [2.75, 3.05) is 12.8 Å². The number of nitrogens with one attached hydrogen (secondary N) is 2. The molecule has 0 spiro atoms. The second-order valence-electron chi connectivity index (χ2n) is 9.47. The van der Waals surface area contributed by atoms with Crippen LogP contribution in [0.1, 0.15) is 52.9 Å². The van der Waals surface area contributed by atoms with E-state index in [0.717, 1.165) is 11.8 Å². The van der Waals surface area contributed by atoms with Crippen molar-refractivity contribution < 1.29 is 39.1 Å². The molecule has 188 valence electrons. The summed E-state index contributed by atoms with van der Waals surface area (Å²) in [5.41, 5.74) is 3.85. The fourth-order valence-electron chi connectivity index (χ4n) is 3.87. The van der Waals surface area contributed by atoms with E-state index < -0.39 is 48.2 Å². The summed E-state index contributed by atoms with van der Waals surface area (Å²) < 4.78 is 5.16. The fourth-order valence-corrected chi connectivity index (χ4v) is 4.21. The van der Waals surface area contributed by atoms with Gasteiger partial charge in [0.15, 0.2) is 5.12 Å². The highest BCUT2D eigenvalue weighted by Gasteiger charge is 2.47. The molecule has 0 aromatic heterocycles. The highest BCUT2D eigenvalue weighted by Crippen LogP contribution is 2.38. The highest BCUT2D eigenvalue weighted by atomic mass is 32.2. The van der Waals surface area contributed by atoms with E-state index in [0.29, 0.717) is 19.3 Å². The van der Waals surface area contributed by atoms with Crippen LogP contribution < -0.4 is 16.4 Å². The van der Waals surface area contributed by atoms with Crippen molar-refractivity contribution in [1.82, 2.24) is 10.6 Å². The summed E-state index contributed by atoms with van der Waals surface area (Å²) in [7, 11) is -1.46. The van der Waals surface area contributed by atoms with Gasteiger partial charge in [0.1, 0.15) is 17.2 Å². The van der Waals surface area contributed by atoms with Crippen molar-refractivity contribution in [2.24, 2.45) is 17.6 Å². The predicted octanol–water partition coefficient (Wildman–Crippen LogP) is 0.337. The molecule has 1 aliphatic rings. The first-order valence-electron chi connectivity index (χ1n) is 10.9. The van der Waals surface area contributed by atoms with Gasteiger partial charge >= 0.3 is 19.2 Å². The number of carboxylic acids is 1. The number of ether oxygens (including phenoxy) is 1. The molecule has 0 aromatic carbocycles. The van der Waals surface area contributed by atoms with Crippen molar-refractivity contribution in [2.45, 2.75) is 76.4 Å². The molecule has 0 aliphatic heterocycles.